The zero-order chi connectivity index (χ0) is 13.8. The van der Waals surface area contributed by atoms with E-state index in [0.717, 1.165) is 29.4 Å². The van der Waals surface area contributed by atoms with Crippen LogP contribution in [0.2, 0.25) is 4.34 Å². The molecule has 0 aliphatic carbocycles. The molecule has 104 valence electrons. The van der Waals surface area contributed by atoms with E-state index in [0.29, 0.717) is 0 Å². The Morgan fingerprint density at radius 3 is 2.74 bits per heavy atom. The molecule has 1 atom stereocenters. The molecular formula is C14H20ClN3S. The first-order valence-electron chi connectivity index (χ1n) is 6.66. The summed E-state index contributed by atoms with van der Waals surface area (Å²) in [4.78, 5) is 1.30. The van der Waals surface area contributed by atoms with Gasteiger partial charge in [0, 0.05) is 17.8 Å². The van der Waals surface area contributed by atoms with Gasteiger partial charge in [-0.05, 0) is 38.6 Å². The molecule has 5 heteroatoms. The van der Waals surface area contributed by atoms with Crippen LogP contribution < -0.4 is 5.32 Å². The third-order valence-electron chi connectivity index (χ3n) is 3.26. The Kier molecular flexibility index (Phi) is 5.02. The minimum absolute atomic E-state index is 0.280. The molecule has 0 amide bonds. The third kappa shape index (κ3) is 3.38. The van der Waals surface area contributed by atoms with Crippen LogP contribution in [0.25, 0.3) is 0 Å². The highest BCUT2D eigenvalue weighted by molar-refractivity contribution is 7.16. The third-order valence-corrected chi connectivity index (χ3v) is 4.52. The Bertz CT molecular complexity index is 533. The van der Waals surface area contributed by atoms with Gasteiger partial charge in [0.15, 0.2) is 0 Å². The van der Waals surface area contributed by atoms with Crippen molar-refractivity contribution in [2.75, 3.05) is 7.05 Å². The molecule has 2 aromatic rings. The number of hydrogen-bond acceptors (Lipinski definition) is 3. The zero-order valence-corrected chi connectivity index (χ0v) is 13.2. The maximum Gasteiger partial charge on any atom is 0.0931 e. The van der Waals surface area contributed by atoms with E-state index in [-0.39, 0.29) is 6.04 Å². The largest absolute Gasteiger partial charge is 0.311 e. The Labute approximate surface area is 123 Å². The van der Waals surface area contributed by atoms with E-state index in [2.05, 4.69) is 41.1 Å². The minimum atomic E-state index is 0.280. The molecular weight excluding hydrogens is 278 g/mol. The minimum Gasteiger partial charge on any atom is -0.311 e. The van der Waals surface area contributed by atoms with E-state index < -0.39 is 0 Å². The number of thiophene rings is 1. The summed E-state index contributed by atoms with van der Waals surface area (Å²) in [5, 5.41) is 8.01. The van der Waals surface area contributed by atoms with Crippen molar-refractivity contribution in [3.05, 3.63) is 38.8 Å². The van der Waals surface area contributed by atoms with Crippen LogP contribution in [-0.4, -0.2) is 16.8 Å². The maximum atomic E-state index is 6.00. The van der Waals surface area contributed by atoms with E-state index >= 15 is 0 Å². The number of hydrogen-bond donors (Lipinski definition) is 1. The predicted molar refractivity (Wildman–Crippen MR) is 82.1 cm³/mol. The Hall–Kier alpha value is -0.840. The molecule has 1 unspecified atom stereocenters. The summed E-state index contributed by atoms with van der Waals surface area (Å²) in [5.74, 6) is 0. The van der Waals surface area contributed by atoms with Crippen LogP contribution in [0.3, 0.4) is 0 Å². The molecule has 0 spiro atoms. The van der Waals surface area contributed by atoms with Gasteiger partial charge in [-0.25, -0.2) is 0 Å². The standard InChI is InChI=1S/C14H20ClN3S/c1-4-10-8-13(18(5-2)17-10)12(16-3)9-11-6-7-14(15)19-11/h6-8,12,16H,4-5,9H2,1-3H3. The lowest BCUT2D eigenvalue weighted by Gasteiger charge is -2.16. The summed E-state index contributed by atoms with van der Waals surface area (Å²) in [6.45, 7) is 5.17. The van der Waals surface area contributed by atoms with Gasteiger partial charge < -0.3 is 5.32 Å². The molecule has 0 bridgehead atoms. The molecule has 0 aliphatic heterocycles. The van der Waals surface area contributed by atoms with Gasteiger partial charge in [-0.2, -0.15) is 5.10 Å². The molecule has 2 aromatic heterocycles. The number of halogens is 1. The lowest BCUT2D eigenvalue weighted by molar-refractivity contribution is 0.514. The second-order valence-electron chi connectivity index (χ2n) is 4.48. The van der Waals surface area contributed by atoms with E-state index in [1.807, 2.05) is 13.1 Å². The Balaban J connectivity index is 2.23. The number of nitrogens with one attached hydrogen (secondary N) is 1. The fourth-order valence-corrected chi connectivity index (χ4v) is 3.34. The molecule has 0 aromatic carbocycles. The van der Waals surface area contributed by atoms with Gasteiger partial charge in [-0.15, -0.1) is 11.3 Å². The van der Waals surface area contributed by atoms with Crippen LogP contribution in [0.4, 0.5) is 0 Å². The maximum absolute atomic E-state index is 6.00. The smallest absolute Gasteiger partial charge is 0.0931 e. The van der Waals surface area contributed by atoms with Crippen LogP contribution in [0, 0.1) is 0 Å². The fourth-order valence-electron chi connectivity index (χ4n) is 2.21. The molecule has 0 aliphatic rings. The first kappa shape index (κ1) is 14.6. The van der Waals surface area contributed by atoms with Crippen LogP contribution in [0.15, 0.2) is 18.2 Å². The fraction of sp³-hybridized carbons (Fsp3) is 0.500. The molecule has 3 nitrogen and oxygen atoms in total. The summed E-state index contributed by atoms with van der Waals surface area (Å²) < 4.78 is 2.94. The lowest BCUT2D eigenvalue weighted by atomic mass is 10.1. The van der Waals surface area contributed by atoms with E-state index in [4.69, 9.17) is 11.6 Å². The second kappa shape index (κ2) is 6.55. The van der Waals surface area contributed by atoms with Gasteiger partial charge in [-0.3, -0.25) is 4.68 Å². The van der Waals surface area contributed by atoms with Crippen molar-refractivity contribution in [2.45, 2.75) is 39.3 Å². The second-order valence-corrected chi connectivity index (χ2v) is 6.28. The van der Waals surface area contributed by atoms with Crippen molar-refractivity contribution >= 4 is 22.9 Å². The van der Waals surface area contributed by atoms with Crippen LogP contribution >= 0.6 is 22.9 Å². The molecule has 0 saturated carbocycles. The van der Waals surface area contributed by atoms with Crippen molar-refractivity contribution in [2.24, 2.45) is 0 Å². The lowest BCUT2D eigenvalue weighted by Crippen LogP contribution is -2.22. The summed E-state index contributed by atoms with van der Waals surface area (Å²) in [6, 6.07) is 6.55. The summed E-state index contributed by atoms with van der Waals surface area (Å²) >= 11 is 7.65. The highest BCUT2D eigenvalue weighted by Gasteiger charge is 2.17. The molecule has 1 N–H and O–H groups in total. The number of rotatable bonds is 6. The summed E-state index contributed by atoms with van der Waals surface area (Å²) in [5.41, 5.74) is 2.41. The number of nitrogens with zero attached hydrogens (tertiary/aromatic N) is 2. The van der Waals surface area contributed by atoms with Crippen molar-refractivity contribution in [3.63, 3.8) is 0 Å². The van der Waals surface area contributed by atoms with Crippen LogP contribution in [0.5, 0.6) is 0 Å². The van der Waals surface area contributed by atoms with E-state index in [9.17, 15) is 0 Å². The van der Waals surface area contributed by atoms with Gasteiger partial charge in [0.05, 0.1) is 21.8 Å². The van der Waals surface area contributed by atoms with E-state index in [1.165, 1.54) is 10.6 Å². The molecule has 2 heterocycles. The van der Waals surface area contributed by atoms with Crippen molar-refractivity contribution in [1.82, 2.24) is 15.1 Å². The van der Waals surface area contributed by atoms with Gasteiger partial charge in [0.1, 0.15) is 0 Å². The van der Waals surface area contributed by atoms with Crippen LogP contribution in [0.1, 0.15) is 36.2 Å². The predicted octanol–water partition coefficient (Wildman–Crippen LogP) is 3.68. The number of likely N-dealkylation sites (N-methyl/N-ethyl adjacent to an activating group) is 1. The van der Waals surface area contributed by atoms with Crippen LogP contribution in [-0.2, 0) is 19.4 Å². The first-order chi connectivity index (χ1) is 9.17. The monoisotopic (exact) mass is 297 g/mol. The van der Waals surface area contributed by atoms with Crippen molar-refractivity contribution in [1.29, 1.82) is 0 Å². The van der Waals surface area contributed by atoms with Gasteiger partial charge in [0.2, 0.25) is 0 Å². The highest BCUT2D eigenvalue weighted by atomic mass is 35.5. The normalized spacial score (nSPS) is 12.8. The Morgan fingerprint density at radius 2 is 2.21 bits per heavy atom. The zero-order valence-electron chi connectivity index (χ0n) is 11.6. The van der Waals surface area contributed by atoms with Gasteiger partial charge in [0.25, 0.3) is 0 Å². The molecule has 0 saturated heterocycles. The quantitative estimate of drug-likeness (QED) is 0.881. The molecule has 2 rings (SSSR count). The number of aromatic nitrogens is 2. The molecule has 0 fully saturated rings. The summed E-state index contributed by atoms with van der Waals surface area (Å²) in [7, 11) is 2.00. The van der Waals surface area contributed by atoms with Crippen molar-refractivity contribution < 1.29 is 0 Å². The topological polar surface area (TPSA) is 29.9 Å². The first-order valence-corrected chi connectivity index (χ1v) is 7.85. The van der Waals surface area contributed by atoms with Gasteiger partial charge in [-0.1, -0.05) is 18.5 Å². The number of aryl methyl sites for hydroxylation is 2. The summed E-state index contributed by atoms with van der Waals surface area (Å²) in [6.07, 6.45) is 1.92. The average molecular weight is 298 g/mol. The Morgan fingerprint density at radius 1 is 1.42 bits per heavy atom. The van der Waals surface area contributed by atoms with Gasteiger partial charge >= 0.3 is 0 Å². The SMILES string of the molecule is CCc1cc(C(Cc2ccc(Cl)s2)NC)n(CC)n1. The molecule has 19 heavy (non-hydrogen) atoms. The van der Waals surface area contributed by atoms with E-state index in [1.54, 1.807) is 11.3 Å². The highest BCUT2D eigenvalue weighted by Crippen LogP contribution is 2.27. The average Bonchev–Trinajstić information content (AvgIpc) is 3.01. The van der Waals surface area contributed by atoms with Crippen molar-refractivity contribution in [3.8, 4) is 0 Å². The molecule has 0 radical (unpaired) electrons.